The summed E-state index contributed by atoms with van der Waals surface area (Å²) in [5.74, 6) is 0. The number of hydrogen-bond acceptors (Lipinski definition) is 2. The summed E-state index contributed by atoms with van der Waals surface area (Å²) < 4.78 is 0. The van der Waals surface area contributed by atoms with E-state index in [0.29, 0.717) is 0 Å². The van der Waals surface area contributed by atoms with Gasteiger partial charge in [-0.05, 0) is 25.3 Å². The highest BCUT2D eigenvalue weighted by Gasteiger charge is 1.90. The molecular formula is C8H9N3. The fourth-order valence-electron chi connectivity index (χ4n) is 0.714. The lowest BCUT2D eigenvalue weighted by atomic mass is 10.3. The molecule has 0 radical (unpaired) electrons. The minimum absolute atomic E-state index is 0.882. The van der Waals surface area contributed by atoms with Crippen LogP contribution in [0.2, 0.25) is 0 Å². The monoisotopic (exact) mass is 147 g/mol. The number of aromatic nitrogens is 1. The molecule has 0 fully saturated rings. The van der Waals surface area contributed by atoms with E-state index >= 15 is 0 Å². The minimum Gasteiger partial charge on any atom is -0.264 e. The van der Waals surface area contributed by atoms with Crippen molar-refractivity contribution in [2.45, 2.75) is 6.92 Å². The summed E-state index contributed by atoms with van der Waals surface area (Å²) >= 11 is 0. The van der Waals surface area contributed by atoms with Crippen molar-refractivity contribution in [3.63, 3.8) is 0 Å². The molecule has 0 spiro atoms. The third kappa shape index (κ3) is 1.97. The number of nitrogens with zero attached hydrogens (tertiary/aromatic N) is 3. The van der Waals surface area contributed by atoms with Gasteiger partial charge in [-0.15, -0.1) is 0 Å². The SMILES string of the molecule is C=NC=Nc1ccncc1C. The topological polar surface area (TPSA) is 37.6 Å². The van der Waals surface area contributed by atoms with Gasteiger partial charge in [-0.2, -0.15) is 0 Å². The molecule has 0 aromatic carbocycles. The van der Waals surface area contributed by atoms with E-state index < -0.39 is 0 Å². The van der Waals surface area contributed by atoms with Gasteiger partial charge in [0.2, 0.25) is 0 Å². The van der Waals surface area contributed by atoms with E-state index in [-0.39, 0.29) is 0 Å². The van der Waals surface area contributed by atoms with Crippen molar-refractivity contribution in [2.75, 3.05) is 0 Å². The van der Waals surface area contributed by atoms with Gasteiger partial charge in [-0.3, -0.25) is 9.98 Å². The molecule has 0 saturated carbocycles. The van der Waals surface area contributed by atoms with Gasteiger partial charge in [0.05, 0.1) is 5.69 Å². The number of aliphatic imine (C=N–C) groups is 2. The van der Waals surface area contributed by atoms with E-state index in [9.17, 15) is 0 Å². The van der Waals surface area contributed by atoms with Crippen LogP contribution in [0.1, 0.15) is 5.56 Å². The van der Waals surface area contributed by atoms with E-state index in [1.165, 1.54) is 6.34 Å². The molecule has 0 unspecified atom stereocenters. The first kappa shape index (κ1) is 7.60. The molecule has 0 aliphatic rings. The van der Waals surface area contributed by atoms with Crippen molar-refractivity contribution >= 4 is 18.7 Å². The Hall–Kier alpha value is -1.51. The molecule has 0 bridgehead atoms. The molecule has 56 valence electrons. The van der Waals surface area contributed by atoms with Crippen LogP contribution in [0.15, 0.2) is 28.4 Å². The Kier molecular flexibility index (Phi) is 2.49. The first-order valence-corrected chi connectivity index (χ1v) is 3.23. The molecule has 0 aliphatic carbocycles. The number of hydrogen-bond donors (Lipinski definition) is 0. The molecule has 11 heavy (non-hydrogen) atoms. The zero-order valence-corrected chi connectivity index (χ0v) is 6.36. The molecule has 3 heteroatoms. The average molecular weight is 147 g/mol. The van der Waals surface area contributed by atoms with E-state index in [4.69, 9.17) is 0 Å². The quantitative estimate of drug-likeness (QED) is 0.464. The minimum atomic E-state index is 0.882. The van der Waals surface area contributed by atoms with E-state index in [1.54, 1.807) is 12.4 Å². The molecule has 0 atom stereocenters. The average Bonchev–Trinajstić information content (AvgIpc) is 2.03. The lowest BCUT2D eigenvalue weighted by Crippen LogP contribution is -1.76. The molecule has 1 aromatic rings. The van der Waals surface area contributed by atoms with Crippen LogP contribution in [0, 0.1) is 6.92 Å². The molecule has 1 aromatic heterocycles. The Morgan fingerprint density at radius 3 is 3.09 bits per heavy atom. The van der Waals surface area contributed by atoms with Gasteiger partial charge in [0, 0.05) is 12.4 Å². The normalized spacial score (nSPS) is 10.3. The van der Waals surface area contributed by atoms with E-state index in [2.05, 4.69) is 21.7 Å². The summed E-state index contributed by atoms with van der Waals surface area (Å²) in [5, 5.41) is 0. The summed E-state index contributed by atoms with van der Waals surface area (Å²) in [6.45, 7) is 5.24. The van der Waals surface area contributed by atoms with E-state index in [0.717, 1.165) is 11.3 Å². The van der Waals surface area contributed by atoms with Gasteiger partial charge in [0.1, 0.15) is 6.34 Å². The summed E-state index contributed by atoms with van der Waals surface area (Å²) in [7, 11) is 0. The molecular weight excluding hydrogens is 138 g/mol. The van der Waals surface area contributed by atoms with Gasteiger partial charge in [-0.1, -0.05) is 0 Å². The fourth-order valence-corrected chi connectivity index (χ4v) is 0.714. The molecule has 0 amide bonds. The van der Waals surface area contributed by atoms with Gasteiger partial charge in [0.25, 0.3) is 0 Å². The molecule has 0 aliphatic heterocycles. The predicted molar refractivity (Wildman–Crippen MR) is 46.7 cm³/mol. The number of pyridine rings is 1. The van der Waals surface area contributed by atoms with Crippen molar-refractivity contribution in [3.05, 3.63) is 24.0 Å². The summed E-state index contributed by atoms with van der Waals surface area (Å²) in [5.41, 5.74) is 1.92. The highest BCUT2D eigenvalue weighted by atomic mass is 14.8. The first-order chi connectivity index (χ1) is 5.34. The van der Waals surface area contributed by atoms with Crippen LogP contribution in [-0.2, 0) is 0 Å². The van der Waals surface area contributed by atoms with Crippen LogP contribution in [0.3, 0.4) is 0 Å². The Balaban J connectivity index is 2.94. The second-order valence-corrected chi connectivity index (χ2v) is 2.09. The highest BCUT2D eigenvalue weighted by molar-refractivity contribution is 5.67. The van der Waals surface area contributed by atoms with E-state index in [1.807, 2.05) is 13.0 Å². The van der Waals surface area contributed by atoms with Crippen LogP contribution in [0.25, 0.3) is 0 Å². The molecule has 1 heterocycles. The van der Waals surface area contributed by atoms with Crippen molar-refractivity contribution in [1.82, 2.24) is 4.98 Å². The van der Waals surface area contributed by atoms with Crippen molar-refractivity contribution in [1.29, 1.82) is 0 Å². The zero-order valence-electron chi connectivity index (χ0n) is 6.36. The third-order valence-electron chi connectivity index (χ3n) is 1.27. The third-order valence-corrected chi connectivity index (χ3v) is 1.27. The number of aryl methyl sites for hydroxylation is 1. The van der Waals surface area contributed by atoms with Crippen molar-refractivity contribution in [2.24, 2.45) is 9.98 Å². The largest absolute Gasteiger partial charge is 0.264 e. The first-order valence-electron chi connectivity index (χ1n) is 3.23. The predicted octanol–water partition coefficient (Wildman–Crippen LogP) is 1.75. The lowest BCUT2D eigenvalue weighted by molar-refractivity contribution is 1.25. The standard InChI is InChI=1S/C8H9N3/c1-7-5-10-4-3-8(7)11-6-9-2/h3-6H,2H2,1H3. The highest BCUT2D eigenvalue weighted by Crippen LogP contribution is 2.14. The Morgan fingerprint density at radius 2 is 2.45 bits per heavy atom. The summed E-state index contributed by atoms with van der Waals surface area (Å²) in [6.07, 6.45) is 4.88. The van der Waals surface area contributed by atoms with Crippen LogP contribution in [0.5, 0.6) is 0 Å². The van der Waals surface area contributed by atoms with Gasteiger partial charge < -0.3 is 0 Å². The molecule has 0 saturated heterocycles. The molecule has 0 N–H and O–H groups in total. The second kappa shape index (κ2) is 3.61. The Labute approximate surface area is 65.5 Å². The van der Waals surface area contributed by atoms with Gasteiger partial charge in [0.15, 0.2) is 0 Å². The summed E-state index contributed by atoms with van der Waals surface area (Å²) in [6, 6.07) is 1.83. The lowest BCUT2D eigenvalue weighted by Gasteiger charge is -1.94. The molecule has 1 rings (SSSR count). The summed E-state index contributed by atoms with van der Waals surface area (Å²) in [4.78, 5) is 11.5. The van der Waals surface area contributed by atoms with Crippen molar-refractivity contribution < 1.29 is 0 Å². The van der Waals surface area contributed by atoms with Crippen LogP contribution in [0.4, 0.5) is 5.69 Å². The Bertz CT molecular complexity index is 278. The van der Waals surface area contributed by atoms with Crippen LogP contribution < -0.4 is 0 Å². The maximum absolute atomic E-state index is 4.03. The Morgan fingerprint density at radius 1 is 1.64 bits per heavy atom. The second-order valence-electron chi connectivity index (χ2n) is 2.09. The number of rotatable bonds is 2. The maximum atomic E-state index is 4.03. The van der Waals surface area contributed by atoms with Crippen molar-refractivity contribution in [3.8, 4) is 0 Å². The zero-order chi connectivity index (χ0) is 8.10. The van der Waals surface area contributed by atoms with Gasteiger partial charge in [-0.25, -0.2) is 4.99 Å². The maximum Gasteiger partial charge on any atom is 0.115 e. The van der Waals surface area contributed by atoms with Crippen LogP contribution in [-0.4, -0.2) is 18.0 Å². The fraction of sp³-hybridized carbons (Fsp3) is 0.125. The smallest absolute Gasteiger partial charge is 0.115 e. The van der Waals surface area contributed by atoms with Gasteiger partial charge >= 0.3 is 0 Å². The molecule has 3 nitrogen and oxygen atoms in total. The van der Waals surface area contributed by atoms with Crippen LogP contribution >= 0.6 is 0 Å².